The van der Waals surface area contributed by atoms with E-state index >= 15 is 0 Å². The molecule has 20 heavy (non-hydrogen) atoms. The Hall–Kier alpha value is -1.89. The number of nitrogens with one attached hydrogen (secondary N) is 1. The summed E-state index contributed by atoms with van der Waals surface area (Å²) in [6.45, 7) is 6.89. The zero-order valence-electron chi connectivity index (χ0n) is 12.0. The van der Waals surface area contributed by atoms with Crippen LogP contribution < -0.4 is 5.32 Å². The monoisotopic (exact) mass is 280 g/mol. The molecule has 1 aromatic heterocycles. The third kappa shape index (κ3) is 3.36. The van der Waals surface area contributed by atoms with E-state index in [0.29, 0.717) is 19.6 Å². The van der Waals surface area contributed by atoms with Gasteiger partial charge in [0.25, 0.3) is 5.91 Å². The molecule has 1 fully saturated rings. The summed E-state index contributed by atoms with van der Waals surface area (Å²) in [6.07, 6.45) is 2.64. The smallest absolute Gasteiger partial charge is 0.411 e. The number of carbonyl (C=O) groups is 2. The number of aromatic nitrogens is 2. The Balaban J connectivity index is 2.13. The van der Waals surface area contributed by atoms with E-state index in [0.717, 1.165) is 0 Å². The van der Waals surface area contributed by atoms with Crippen molar-refractivity contribution in [2.75, 3.05) is 19.6 Å². The van der Waals surface area contributed by atoms with Crippen molar-refractivity contribution >= 4 is 12.0 Å². The Labute approximate surface area is 117 Å². The normalized spacial score (nSPS) is 19.8. The molecule has 7 heteroatoms. The van der Waals surface area contributed by atoms with E-state index in [-0.39, 0.29) is 5.91 Å². The zero-order chi connectivity index (χ0) is 14.8. The molecule has 1 unspecified atom stereocenters. The van der Waals surface area contributed by atoms with Crippen molar-refractivity contribution in [1.82, 2.24) is 20.0 Å². The highest BCUT2D eigenvalue weighted by atomic mass is 16.6. The fourth-order valence-electron chi connectivity index (χ4n) is 2.02. The van der Waals surface area contributed by atoms with Gasteiger partial charge in [-0.1, -0.05) is 0 Å². The zero-order valence-corrected chi connectivity index (χ0v) is 12.0. The van der Waals surface area contributed by atoms with Crippen LogP contribution in [0.2, 0.25) is 0 Å². The van der Waals surface area contributed by atoms with Crippen LogP contribution in [0, 0.1) is 0 Å². The number of ether oxygens (including phenoxy) is 1. The Morgan fingerprint density at radius 1 is 1.40 bits per heavy atom. The van der Waals surface area contributed by atoms with Gasteiger partial charge in [-0.3, -0.25) is 9.69 Å². The molecule has 1 aliphatic rings. The highest BCUT2D eigenvalue weighted by molar-refractivity contribution is 5.87. The number of carbonyl (C=O) groups excluding carboxylic acids is 2. The van der Waals surface area contributed by atoms with Crippen molar-refractivity contribution in [3.63, 3.8) is 0 Å². The molecule has 2 heterocycles. The maximum Gasteiger partial charge on any atom is 0.411 e. The molecule has 0 saturated carbocycles. The van der Waals surface area contributed by atoms with Crippen LogP contribution in [-0.2, 0) is 4.74 Å². The van der Waals surface area contributed by atoms with Crippen molar-refractivity contribution in [2.24, 2.45) is 0 Å². The summed E-state index contributed by atoms with van der Waals surface area (Å²) in [4.78, 5) is 26.0. The van der Waals surface area contributed by atoms with Crippen molar-refractivity contribution < 1.29 is 14.3 Å². The average molecular weight is 280 g/mol. The summed E-state index contributed by atoms with van der Waals surface area (Å²) < 4.78 is 6.60. The van der Waals surface area contributed by atoms with Crippen LogP contribution in [0.25, 0.3) is 0 Å². The van der Waals surface area contributed by atoms with Crippen LogP contribution in [0.1, 0.15) is 25.6 Å². The topological polar surface area (TPSA) is 76.5 Å². The Morgan fingerprint density at radius 3 is 2.75 bits per heavy atom. The van der Waals surface area contributed by atoms with E-state index in [1.807, 2.05) is 0 Å². The third-order valence-electron chi connectivity index (χ3n) is 2.89. The van der Waals surface area contributed by atoms with Gasteiger partial charge in [-0.2, -0.15) is 5.10 Å². The van der Waals surface area contributed by atoms with Crippen molar-refractivity contribution in [1.29, 1.82) is 0 Å². The first-order chi connectivity index (χ1) is 9.38. The minimum atomic E-state index is -0.599. The fraction of sp³-hybridized carbons (Fsp3) is 0.615. The molecule has 2 rings (SSSR count). The van der Waals surface area contributed by atoms with Gasteiger partial charge in [-0.25, -0.2) is 9.48 Å². The highest BCUT2D eigenvalue weighted by Gasteiger charge is 2.35. The molecule has 1 aromatic rings. The van der Waals surface area contributed by atoms with Gasteiger partial charge in [-0.15, -0.1) is 0 Å². The van der Waals surface area contributed by atoms with Gasteiger partial charge >= 0.3 is 6.09 Å². The van der Waals surface area contributed by atoms with Crippen molar-refractivity contribution in [3.05, 3.63) is 18.5 Å². The van der Waals surface area contributed by atoms with Crippen LogP contribution in [0.5, 0.6) is 0 Å². The van der Waals surface area contributed by atoms with Gasteiger partial charge in [-0.05, 0) is 26.8 Å². The number of piperazine rings is 1. The van der Waals surface area contributed by atoms with Crippen LogP contribution in [0.3, 0.4) is 0 Å². The van der Waals surface area contributed by atoms with Crippen molar-refractivity contribution in [3.8, 4) is 0 Å². The number of hydrogen-bond donors (Lipinski definition) is 1. The molecule has 1 amide bonds. The second kappa shape index (κ2) is 5.62. The SMILES string of the molecule is CC(C)(C)OC(=O)N1CCNCC1C(=O)n1cccn1. The minimum Gasteiger partial charge on any atom is -0.444 e. The molecule has 1 aliphatic heterocycles. The van der Waals surface area contributed by atoms with Crippen LogP contribution in [-0.4, -0.2) is 58.0 Å². The maximum absolute atomic E-state index is 12.4. The third-order valence-corrected chi connectivity index (χ3v) is 2.89. The molecule has 110 valence electrons. The lowest BCUT2D eigenvalue weighted by atomic mass is 10.2. The quantitative estimate of drug-likeness (QED) is 0.820. The van der Waals surface area contributed by atoms with Gasteiger partial charge in [0, 0.05) is 32.0 Å². The molecule has 0 aliphatic carbocycles. The summed E-state index contributed by atoms with van der Waals surface area (Å²) in [6, 6.07) is 1.07. The number of nitrogens with zero attached hydrogens (tertiary/aromatic N) is 3. The van der Waals surface area contributed by atoms with Gasteiger partial charge in [0.2, 0.25) is 0 Å². The van der Waals surface area contributed by atoms with Gasteiger partial charge in [0.15, 0.2) is 0 Å². The lowest BCUT2D eigenvalue weighted by Crippen LogP contribution is -2.58. The predicted octanol–water partition coefficient (Wildman–Crippen LogP) is 0.732. The summed E-state index contributed by atoms with van der Waals surface area (Å²) in [5.41, 5.74) is -0.582. The van der Waals surface area contributed by atoms with Gasteiger partial charge in [0.05, 0.1) is 0 Å². The number of hydrogen-bond acceptors (Lipinski definition) is 5. The van der Waals surface area contributed by atoms with Gasteiger partial charge < -0.3 is 10.1 Å². The van der Waals surface area contributed by atoms with E-state index in [9.17, 15) is 9.59 Å². The first-order valence-electron chi connectivity index (χ1n) is 6.63. The first kappa shape index (κ1) is 14.5. The van der Waals surface area contributed by atoms with E-state index < -0.39 is 17.7 Å². The van der Waals surface area contributed by atoms with Crippen LogP contribution in [0.4, 0.5) is 4.79 Å². The molecule has 0 radical (unpaired) electrons. The second-order valence-electron chi connectivity index (χ2n) is 5.68. The Bertz CT molecular complexity index is 478. The van der Waals surface area contributed by atoms with Crippen LogP contribution >= 0.6 is 0 Å². The fourth-order valence-corrected chi connectivity index (χ4v) is 2.02. The lowest BCUT2D eigenvalue weighted by molar-refractivity contribution is 0.0106. The van der Waals surface area contributed by atoms with E-state index in [2.05, 4.69) is 10.4 Å². The van der Waals surface area contributed by atoms with E-state index in [1.54, 1.807) is 33.0 Å². The van der Waals surface area contributed by atoms with E-state index in [1.165, 1.54) is 15.8 Å². The van der Waals surface area contributed by atoms with Gasteiger partial charge in [0.1, 0.15) is 11.6 Å². The van der Waals surface area contributed by atoms with Crippen LogP contribution in [0.15, 0.2) is 18.5 Å². The Morgan fingerprint density at radius 2 is 2.15 bits per heavy atom. The maximum atomic E-state index is 12.4. The molecule has 0 bridgehead atoms. The molecule has 1 N–H and O–H groups in total. The standard InChI is InChI=1S/C13H20N4O3/c1-13(2,3)20-12(19)16-8-6-14-9-10(16)11(18)17-7-4-5-15-17/h4-5,7,10,14H,6,8-9H2,1-3H3. The second-order valence-corrected chi connectivity index (χ2v) is 5.68. The summed E-state index contributed by atoms with van der Waals surface area (Å²) >= 11 is 0. The molecule has 1 atom stereocenters. The largest absolute Gasteiger partial charge is 0.444 e. The molecule has 1 saturated heterocycles. The lowest BCUT2D eigenvalue weighted by Gasteiger charge is -2.35. The molecular weight excluding hydrogens is 260 g/mol. The molecule has 0 spiro atoms. The average Bonchev–Trinajstić information content (AvgIpc) is 2.89. The first-order valence-corrected chi connectivity index (χ1v) is 6.63. The highest BCUT2D eigenvalue weighted by Crippen LogP contribution is 2.14. The summed E-state index contributed by atoms with van der Waals surface area (Å²) in [5, 5.41) is 7.03. The molecule has 7 nitrogen and oxygen atoms in total. The number of amides is 1. The number of rotatable bonds is 1. The molecular formula is C13H20N4O3. The Kier molecular flexibility index (Phi) is 4.08. The van der Waals surface area contributed by atoms with Crippen molar-refractivity contribution in [2.45, 2.75) is 32.4 Å². The predicted molar refractivity (Wildman–Crippen MR) is 72.5 cm³/mol. The minimum absolute atomic E-state index is 0.243. The summed E-state index contributed by atoms with van der Waals surface area (Å²) in [7, 11) is 0. The summed E-state index contributed by atoms with van der Waals surface area (Å²) in [5.74, 6) is -0.243. The molecule has 0 aromatic carbocycles. The van der Waals surface area contributed by atoms with E-state index in [4.69, 9.17) is 4.74 Å².